The second-order valence-corrected chi connectivity index (χ2v) is 10.8. The van der Waals surface area contributed by atoms with Crippen LogP contribution >= 0.6 is 27.7 Å². The zero-order chi connectivity index (χ0) is 25.2. The summed E-state index contributed by atoms with van der Waals surface area (Å²) in [5, 5.41) is 3.04. The van der Waals surface area contributed by atoms with Crippen LogP contribution in [0.15, 0.2) is 83.3 Å². The molecule has 35 heavy (non-hydrogen) atoms. The number of nitrogens with one attached hydrogen (secondary N) is 1. The normalized spacial score (nSPS) is 11.8. The first-order valence-electron chi connectivity index (χ1n) is 11.8. The topological polar surface area (TPSA) is 49.4 Å². The molecule has 0 aromatic heterocycles. The molecule has 0 bridgehead atoms. The molecule has 0 fully saturated rings. The smallest absolute Gasteiger partial charge is 0.243 e. The van der Waals surface area contributed by atoms with Crippen molar-refractivity contribution in [2.24, 2.45) is 0 Å². The van der Waals surface area contributed by atoms with Crippen LogP contribution in [0.25, 0.3) is 0 Å². The Morgan fingerprint density at radius 2 is 1.57 bits per heavy atom. The van der Waals surface area contributed by atoms with E-state index < -0.39 is 6.04 Å². The van der Waals surface area contributed by atoms with Gasteiger partial charge in [0.2, 0.25) is 11.8 Å². The predicted molar refractivity (Wildman–Crippen MR) is 149 cm³/mol. The summed E-state index contributed by atoms with van der Waals surface area (Å²) >= 11 is 5.04. The molecule has 1 N–H and O–H groups in total. The Balaban J connectivity index is 1.85. The van der Waals surface area contributed by atoms with Crippen LogP contribution in [0.1, 0.15) is 36.1 Å². The van der Waals surface area contributed by atoms with E-state index in [-0.39, 0.29) is 17.9 Å². The van der Waals surface area contributed by atoms with Gasteiger partial charge in [-0.2, -0.15) is 0 Å². The number of halogens is 1. The third-order valence-corrected chi connectivity index (χ3v) is 7.23. The molecular weight excluding hydrogens is 520 g/mol. The second-order valence-electron chi connectivity index (χ2n) is 8.94. The van der Waals surface area contributed by atoms with E-state index in [0.717, 1.165) is 32.5 Å². The van der Waals surface area contributed by atoms with Crippen LogP contribution in [0.3, 0.4) is 0 Å². The molecule has 0 spiro atoms. The maximum Gasteiger partial charge on any atom is 0.243 e. The first-order chi connectivity index (χ1) is 16.8. The number of rotatable bonds is 11. The molecule has 0 heterocycles. The largest absolute Gasteiger partial charge is 0.352 e. The van der Waals surface area contributed by atoms with Crippen LogP contribution in [-0.2, 0) is 28.3 Å². The van der Waals surface area contributed by atoms with E-state index >= 15 is 0 Å². The van der Waals surface area contributed by atoms with Crippen molar-refractivity contribution in [1.82, 2.24) is 10.2 Å². The number of hydrogen-bond donors (Lipinski definition) is 1. The van der Waals surface area contributed by atoms with Gasteiger partial charge in [0.05, 0.1) is 5.75 Å². The van der Waals surface area contributed by atoms with E-state index in [9.17, 15) is 9.59 Å². The Morgan fingerprint density at radius 3 is 2.23 bits per heavy atom. The highest BCUT2D eigenvalue weighted by atomic mass is 79.9. The van der Waals surface area contributed by atoms with Gasteiger partial charge in [-0.15, -0.1) is 11.8 Å². The summed E-state index contributed by atoms with van der Waals surface area (Å²) in [6.07, 6.45) is 0.467. The lowest BCUT2D eigenvalue weighted by atomic mass is 10.0. The van der Waals surface area contributed by atoms with Crippen molar-refractivity contribution >= 4 is 39.5 Å². The number of carbonyl (C=O) groups excluding carboxylic acids is 2. The molecule has 0 aliphatic carbocycles. The standard InChI is InChI=1S/C29H33BrN2O2S/c1-21(2)31-29(34)27(17-23-10-5-4-6-11-23)32(18-25-12-8-7-9-22(25)3)28(33)20-35-19-24-13-15-26(30)16-14-24/h4-16,21,27H,17-20H2,1-3H3,(H,31,34)/t27-/m0/s1. The van der Waals surface area contributed by atoms with Gasteiger partial charge < -0.3 is 10.2 Å². The predicted octanol–water partition coefficient (Wildman–Crippen LogP) is 6.16. The molecule has 3 aromatic rings. The molecule has 4 nitrogen and oxygen atoms in total. The molecular formula is C29H33BrN2O2S. The average molecular weight is 554 g/mol. The molecule has 0 aliphatic heterocycles. The SMILES string of the molecule is Cc1ccccc1CN(C(=O)CSCc1ccc(Br)cc1)[C@@H](Cc1ccccc1)C(=O)NC(C)C. The maximum atomic E-state index is 13.6. The molecule has 0 saturated carbocycles. The summed E-state index contributed by atoms with van der Waals surface area (Å²) in [5.41, 5.74) is 4.35. The minimum Gasteiger partial charge on any atom is -0.352 e. The van der Waals surface area contributed by atoms with Gasteiger partial charge in [0, 0.05) is 29.2 Å². The van der Waals surface area contributed by atoms with Gasteiger partial charge in [0.25, 0.3) is 0 Å². The fourth-order valence-electron chi connectivity index (χ4n) is 3.83. The molecule has 3 aromatic carbocycles. The Hall–Kier alpha value is -2.57. The summed E-state index contributed by atoms with van der Waals surface area (Å²) < 4.78 is 1.03. The van der Waals surface area contributed by atoms with Gasteiger partial charge in [0.1, 0.15) is 6.04 Å². The Labute approximate surface area is 221 Å². The number of thioether (sulfide) groups is 1. The Morgan fingerprint density at radius 1 is 0.914 bits per heavy atom. The van der Waals surface area contributed by atoms with E-state index in [1.54, 1.807) is 16.7 Å². The van der Waals surface area contributed by atoms with Crippen molar-refractivity contribution in [1.29, 1.82) is 0 Å². The summed E-state index contributed by atoms with van der Waals surface area (Å²) in [7, 11) is 0. The van der Waals surface area contributed by atoms with Crippen LogP contribution in [-0.4, -0.2) is 34.6 Å². The van der Waals surface area contributed by atoms with E-state index in [1.807, 2.05) is 87.5 Å². The number of aryl methyl sites for hydroxylation is 1. The van der Waals surface area contributed by atoms with Gasteiger partial charge in [-0.25, -0.2) is 0 Å². The van der Waals surface area contributed by atoms with Gasteiger partial charge in [-0.1, -0.05) is 82.7 Å². The molecule has 1 atom stereocenters. The Kier molecular flexibility index (Phi) is 10.4. The summed E-state index contributed by atoms with van der Waals surface area (Å²) in [6.45, 7) is 6.33. The van der Waals surface area contributed by atoms with E-state index in [2.05, 4.69) is 33.4 Å². The zero-order valence-corrected chi connectivity index (χ0v) is 22.9. The average Bonchev–Trinajstić information content (AvgIpc) is 2.83. The summed E-state index contributed by atoms with van der Waals surface area (Å²) in [4.78, 5) is 28.8. The fourth-order valence-corrected chi connectivity index (χ4v) is 4.96. The van der Waals surface area contributed by atoms with Crippen molar-refractivity contribution in [3.8, 4) is 0 Å². The first kappa shape index (κ1) is 27.0. The van der Waals surface area contributed by atoms with Crippen molar-refractivity contribution in [3.63, 3.8) is 0 Å². The van der Waals surface area contributed by atoms with Crippen molar-refractivity contribution < 1.29 is 9.59 Å². The third-order valence-electron chi connectivity index (χ3n) is 5.71. The van der Waals surface area contributed by atoms with Crippen LogP contribution in [0.4, 0.5) is 0 Å². The molecule has 184 valence electrons. The number of amides is 2. The quantitative estimate of drug-likeness (QED) is 0.310. The van der Waals surface area contributed by atoms with Gasteiger partial charge in [0.15, 0.2) is 0 Å². The number of benzene rings is 3. The lowest BCUT2D eigenvalue weighted by Crippen LogP contribution is -2.52. The number of carbonyl (C=O) groups is 2. The third kappa shape index (κ3) is 8.55. The second kappa shape index (κ2) is 13.5. The van der Waals surface area contributed by atoms with Crippen LogP contribution in [0, 0.1) is 6.92 Å². The first-order valence-corrected chi connectivity index (χ1v) is 13.8. The van der Waals surface area contributed by atoms with E-state index in [0.29, 0.717) is 18.7 Å². The van der Waals surface area contributed by atoms with Crippen molar-refractivity contribution in [2.45, 2.75) is 51.6 Å². The minimum atomic E-state index is -0.597. The van der Waals surface area contributed by atoms with E-state index in [4.69, 9.17) is 0 Å². The maximum absolute atomic E-state index is 13.6. The lowest BCUT2D eigenvalue weighted by molar-refractivity contribution is -0.139. The molecule has 2 amide bonds. The van der Waals surface area contributed by atoms with E-state index in [1.165, 1.54) is 0 Å². The Bertz CT molecular complexity index is 1100. The fraction of sp³-hybridized carbons (Fsp3) is 0.310. The van der Waals surface area contributed by atoms with Crippen molar-refractivity contribution in [3.05, 3.63) is 106 Å². The molecule has 0 saturated heterocycles. The lowest BCUT2D eigenvalue weighted by Gasteiger charge is -2.32. The van der Waals surface area contributed by atoms with Crippen LogP contribution < -0.4 is 5.32 Å². The molecule has 0 aliphatic rings. The minimum absolute atomic E-state index is 0.0111. The monoisotopic (exact) mass is 552 g/mol. The highest BCUT2D eigenvalue weighted by Gasteiger charge is 2.30. The van der Waals surface area contributed by atoms with Gasteiger partial charge in [-0.05, 0) is 55.2 Å². The zero-order valence-electron chi connectivity index (χ0n) is 20.5. The van der Waals surface area contributed by atoms with Crippen LogP contribution in [0.2, 0.25) is 0 Å². The molecule has 0 unspecified atom stereocenters. The highest BCUT2D eigenvalue weighted by Crippen LogP contribution is 2.20. The van der Waals surface area contributed by atoms with Crippen molar-refractivity contribution in [2.75, 3.05) is 5.75 Å². The molecule has 0 radical (unpaired) electrons. The number of nitrogens with zero attached hydrogens (tertiary/aromatic N) is 1. The van der Waals surface area contributed by atoms with Crippen LogP contribution in [0.5, 0.6) is 0 Å². The summed E-state index contributed by atoms with van der Waals surface area (Å²) in [6, 6.07) is 25.5. The van der Waals surface area contributed by atoms with Gasteiger partial charge in [-0.3, -0.25) is 9.59 Å². The molecule has 3 rings (SSSR count). The summed E-state index contributed by atoms with van der Waals surface area (Å²) in [5.74, 6) is 0.889. The molecule has 6 heteroatoms. The van der Waals surface area contributed by atoms with Gasteiger partial charge >= 0.3 is 0 Å². The highest BCUT2D eigenvalue weighted by molar-refractivity contribution is 9.10. The number of hydrogen-bond acceptors (Lipinski definition) is 3.